The van der Waals surface area contributed by atoms with Gasteiger partial charge in [-0.1, -0.05) is 35.0 Å². The zero-order chi connectivity index (χ0) is 18.5. The fourth-order valence-corrected chi connectivity index (χ4v) is 2.50. The van der Waals surface area contributed by atoms with Gasteiger partial charge in [-0.15, -0.1) is 0 Å². The molecule has 0 saturated carbocycles. The number of carbonyl (C=O) groups is 3. The minimum Gasteiger partial charge on any atom is -0.459 e. The number of esters is 1. The molecule has 8 nitrogen and oxygen atoms in total. The Morgan fingerprint density at radius 1 is 1.31 bits per heavy atom. The van der Waals surface area contributed by atoms with E-state index in [0.717, 1.165) is 11.1 Å². The van der Waals surface area contributed by atoms with Crippen molar-refractivity contribution in [2.75, 3.05) is 13.1 Å². The van der Waals surface area contributed by atoms with Crippen LogP contribution in [0.1, 0.15) is 24.1 Å². The van der Waals surface area contributed by atoms with Gasteiger partial charge in [-0.05, 0) is 6.92 Å². The van der Waals surface area contributed by atoms with Crippen LogP contribution in [0.5, 0.6) is 0 Å². The molecule has 0 unspecified atom stereocenters. The monoisotopic (exact) mass is 357 g/mol. The topological polar surface area (TPSA) is 102 Å². The second kappa shape index (κ2) is 7.81. The van der Waals surface area contributed by atoms with Crippen molar-refractivity contribution in [3.63, 3.8) is 0 Å². The van der Waals surface area contributed by atoms with E-state index in [4.69, 9.17) is 9.26 Å². The van der Waals surface area contributed by atoms with Crippen molar-refractivity contribution in [3.05, 3.63) is 41.6 Å². The van der Waals surface area contributed by atoms with Crippen LogP contribution in [0.4, 0.5) is 4.79 Å². The lowest BCUT2D eigenvalue weighted by Gasteiger charge is -2.25. The van der Waals surface area contributed by atoms with Gasteiger partial charge in [0.1, 0.15) is 12.3 Å². The van der Waals surface area contributed by atoms with Crippen LogP contribution in [0.2, 0.25) is 0 Å². The molecule has 0 bridgehead atoms. The average Bonchev–Trinajstić information content (AvgIpc) is 3.09. The SMILES string of the molecule is Cc1ccc(-c2cc(COC(=O)CCN3CCC(=O)NC3=O)no2)cc1. The summed E-state index contributed by atoms with van der Waals surface area (Å²) in [5.41, 5.74) is 2.55. The van der Waals surface area contributed by atoms with E-state index in [-0.39, 0.29) is 31.9 Å². The summed E-state index contributed by atoms with van der Waals surface area (Å²) in [5, 5.41) is 6.10. The fourth-order valence-electron chi connectivity index (χ4n) is 2.50. The number of nitrogens with one attached hydrogen (secondary N) is 1. The Labute approximate surface area is 150 Å². The maximum atomic E-state index is 11.8. The van der Waals surface area contributed by atoms with Crippen molar-refractivity contribution in [2.45, 2.75) is 26.4 Å². The van der Waals surface area contributed by atoms with Crippen LogP contribution < -0.4 is 5.32 Å². The number of rotatable bonds is 6. The number of hydrogen-bond donors (Lipinski definition) is 1. The Morgan fingerprint density at radius 3 is 2.81 bits per heavy atom. The number of hydrogen-bond acceptors (Lipinski definition) is 6. The van der Waals surface area contributed by atoms with E-state index in [0.29, 0.717) is 18.0 Å². The molecule has 1 N–H and O–H groups in total. The molecule has 26 heavy (non-hydrogen) atoms. The Kier molecular flexibility index (Phi) is 5.31. The third-order valence-corrected chi connectivity index (χ3v) is 4.00. The largest absolute Gasteiger partial charge is 0.459 e. The first-order chi connectivity index (χ1) is 12.5. The lowest BCUT2D eigenvalue weighted by atomic mass is 10.1. The Hall–Kier alpha value is -3.16. The van der Waals surface area contributed by atoms with Gasteiger partial charge in [0.15, 0.2) is 5.76 Å². The van der Waals surface area contributed by atoms with E-state index in [1.807, 2.05) is 31.2 Å². The lowest BCUT2D eigenvalue weighted by Crippen LogP contribution is -2.49. The van der Waals surface area contributed by atoms with Crippen molar-refractivity contribution in [1.29, 1.82) is 0 Å². The predicted octanol–water partition coefficient (Wildman–Crippen LogP) is 2.03. The number of carbonyl (C=O) groups excluding carboxylic acids is 3. The summed E-state index contributed by atoms with van der Waals surface area (Å²) < 4.78 is 10.4. The lowest BCUT2D eigenvalue weighted by molar-refractivity contribution is -0.145. The fraction of sp³-hybridized carbons (Fsp3) is 0.333. The van der Waals surface area contributed by atoms with Crippen LogP contribution in [0.15, 0.2) is 34.9 Å². The standard InChI is InChI=1S/C18H19N3O5/c1-12-2-4-13(5-3-12)15-10-14(20-26-15)11-25-17(23)7-9-21-8-6-16(22)19-18(21)24/h2-5,10H,6-9,11H2,1H3,(H,19,22,24). The molecule has 0 aliphatic carbocycles. The number of imide groups is 1. The molecule has 136 valence electrons. The highest BCUT2D eigenvalue weighted by Crippen LogP contribution is 2.21. The second-order valence-corrected chi connectivity index (χ2v) is 6.05. The third-order valence-electron chi connectivity index (χ3n) is 4.00. The molecule has 0 atom stereocenters. The third kappa shape index (κ3) is 4.47. The number of aromatic nitrogens is 1. The summed E-state index contributed by atoms with van der Waals surface area (Å²) in [7, 11) is 0. The van der Waals surface area contributed by atoms with E-state index in [1.54, 1.807) is 6.07 Å². The Morgan fingerprint density at radius 2 is 2.08 bits per heavy atom. The minimum absolute atomic E-state index is 0.00111. The highest BCUT2D eigenvalue weighted by Gasteiger charge is 2.23. The smallest absolute Gasteiger partial charge is 0.324 e. The zero-order valence-electron chi connectivity index (χ0n) is 14.4. The van der Waals surface area contributed by atoms with Crippen LogP contribution in [-0.2, 0) is 20.9 Å². The van der Waals surface area contributed by atoms with Gasteiger partial charge in [-0.2, -0.15) is 0 Å². The molecule has 1 aromatic carbocycles. The van der Waals surface area contributed by atoms with Crippen molar-refractivity contribution in [1.82, 2.24) is 15.4 Å². The maximum Gasteiger partial charge on any atom is 0.324 e. The molecular formula is C18H19N3O5. The number of ether oxygens (including phenoxy) is 1. The molecule has 1 saturated heterocycles. The average molecular weight is 357 g/mol. The van der Waals surface area contributed by atoms with E-state index in [1.165, 1.54) is 4.90 Å². The molecule has 8 heteroatoms. The molecule has 1 fully saturated rings. The molecule has 1 aliphatic rings. The van der Waals surface area contributed by atoms with Crippen LogP contribution in [0.3, 0.4) is 0 Å². The van der Waals surface area contributed by atoms with Crippen LogP contribution in [0.25, 0.3) is 11.3 Å². The van der Waals surface area contributed by atoms with Gasteiger partial charge in [0, 0.05) is 31.1 Å². The van der Waals surface area contributed by atoms with Crippen LogP contribution in [0, 0.1) is 6.92 Å². The first-order valence-electron chi connectivity index (χ1n) is 8.28. The molecule has 0 radical (unpaired) electrons. The Balaban J connectivity index is 1.45. The number of benzene rings is 1. The molecule has 1 aromatic heterocycles. The molecule has 1 aliphatic heterocycles. The molecule has 0 spiro atoms. The highest BCUT2D eigenvalue weighted by atomic mass is 16.5. The summed E-state index contributed by atoms with van der Waals surface area (Å²) in [4.78, 5) is 35.9. The summed E-state index contributed by atoms with van der Waals surface area (Å²) in [6.07, 6.45) is 0.284. The van der Waals surface area contributed by atoms with Crippen molar-refractivity contribution in [3.8, 4) is 11.3 Å². The van der Waals surface area contributed by atoms with Gasteiger partial charge in [0.05, 0.1) is 6.42 Å². The van der Waals surface area contributed by atoms with Gasteiger partial charge in [-0.25, -0.2) is 4.79 Å². The number of aryl methyl sites for hydroxylation is 1. The normalized spacial score (nSPS) is 14.3. The molecule has 2 aromatic rings. The van der Waals surface area contributed by atoms with Gasteiger partial charge in [0.25, 0.3) is 0 Å². The summed E-state index contributed by atoms with van der Waals surface area (Å²) in [5.74, 6) is -0.149. The summed E-state index contributed by atoms with van der Waals surface area (Å²) in [6.45, 7) is 2.51. The summed E-state index contributed by atoms with van der Waals surface area (Å²) in [6, 6.07) is 9.05. The van der Waals surface area contributed by atoms with E-state index < -0.39 is 12.0 Å². The number of amides is 3. The first kappa shape index (κ1) is 17.7. The molecule has 3 rings (SSSR count). The summed E-state index contributed by atoms with van der Waals surface area (Å²) >= 11 is 0. The van der Waals surface area contributed by atoms with Gasteiger partial charge in [0.2, 0.25) is 5.91 Å². The molecular weight excluding hydrogens is 338 g/mol. The van der Waals surface area contributed by atoms with Crippen LogP contribution in [-0.4, -0.2) is 41.1 Å². The zero-order valence-corrected chi connectivity index (χ0v) is 14.4. The van der Waals surface area contributed by atoms with Gasteiger partial charge >= 0.3 is 12.0 Å². The van der Waals surface area contributed by atoms with E-state index >= 15 is 0 Å². The quantitative estimate of drug-likeness (QED) is 0.794. The maximum absolute atomic E-state index is 11.8. The second-order valence-electron chi connectivity index (χ2n) is 6.05. The van der Waals surface area contributed by atoms with Gasteiger partial charge < -0.3 is 14.2 Å². The van der Waals surface area contributed by atoms with E-state index in [9.17, 15) is 14.4 Å². The highest BCUT2D eigenvalue weighted by molar-refractivity contribution is 5.96. The Bertz CT molecular complexity index is 812. The first-order valence-corrected chi connectivity index (χ1v) is 8.28. The van der Waals surface area contributed by atoms with Crippen LogP contribution >= 0.6 is 0 Å². The predicted molar refractivity (Wildman–Crippen MR) is 90.8 cm³/mol. The molecule has 2 heterocycles. The number of nitrogens with zero attached hydrogens (tertiary/aromatic N) is 2. The van der Waals surface area contributed by atoms with E-state index in [2.05, 4.69) is 10.5 Å². The minimum atomic E-state index is -0.478. The van der Waals surface area contributed by atoms with Crippen molar-refractivity contribution in [2.24, 2.45) is 0 Å². The van der Waals surface area contributed by atoms with Crippen molar-refractivity contribution < 1.29 is 23.6 Å². The number of urea groups is 1. The molecule has 3 amide bonds. The van der Waals surface area contributed by atoms with Gasteiger partial charge in [-0.3, -0.25) is 14.9 Å². The van der Waals surface area contributed by atoms with Crippen molar-refractivity contribution >= 4 is 17.9 Å².